The van der Waals surface area contributed by atoms with Crippen LogP contribution in [0.15, 0.2) is 49.8 Å². The molecule has 16 heteroatoms. The third-order valence-corrected chi connectivity index (χ3v) is 7.01. The van der Waals surface area contributed by atoms with Gasteiger partial charge in [0, 0.05) is 17.7 Å². The summed E-state index contributed by atoms with van der Waals surface area (Å²) in [7, 11) is 0. The van der Waals surface area contributed by atoms with E-state index in [9.17, 15) is 19.7 Å². The lowest BCUT2D eigenvalue weighted by Crippen LogP contribution is -2.13. The van der Waals surface area contributed by atoms with Gasteiger partial charge in [-0.15, -0.1) is 20.4 Å². The minimum atomic E-state index is -0.495. The topological polar surface area (TPSA) is 166 Å². The van der Waals surface area contributed by atoms with Crippen LogP contribution in [0.25, 0.3) is 10.6 Å². The molecule has 0 bridgehead atoms. The van der Waals surface area contributed by atoms with E-state index in [0.717, 1.165) is 34.4 Å². The second-order valence-corrected chi connectivity index (χ2v) is 9.95. The molecule has 3 aromatic heterocycles. The number of nitro benzene ring substituents is 1. The summed E-state index contributed by atoms with van der Waals surface area (Å²) >= 11 is 6.47. The number of rotatable bonds is 8. The van der Waals surface area contributed by atoms with Crippen molar-refractivity contribution >= 4 is 78.1 Å². The molecular formula is C17H10BrN7O5S3. The van der Waals surface area contributed by atoms with E-state index in [1.165, 1.54) is 18.2 Å². The fourth-order valence-electron chi connectivity index (χ4n) is 2.34. The molecule has 0 fully saturated rings. The van der Waals surface area contributed by atoms with Crippen LogP contribution in [0.4, 0.5) is 16.0 Å². The van der Waals surface area contributed by atoms with Crippen LogP contribution in [-0.4, -0.2) is 42.9 Å². The van der Waals surface area contributed by atoms with Gasteiger partial charge in [-0.05, 0) is 28.1 Å². The van der Waals surface area contributed by atoms with Crippen LogP contribution >= 0.6 is 50.4 Å². The number of hydrogen-bond donors (Lipinski definition) is 2. The molecule has 168 valence electrons. The predicted molar refractivity (Wildman–Crippen MR) is 126 cm³/mol. The molecular weight excluding hydrogens is 558 g/mol. The highest BCUT2D eigenvalue weighted by Crippen LogP contribution is 2.30. The van der Waals surface area contributed by atoms with Crippen molar-refractivity contribution in [3.63, 3.8) is 0 Å². The highest BCUT2D eigenvalue weighted by Gasteiger charge is 2.16. The van der Waals surface area contributed by atoms with Crippen LogP contribution in [0.1, 0.15) is 10.6 Å². The zero-order valence-electron chi connectivity index (χ0n) is 16.1. The highest BCUT2D eigenvalue weighted by atomic mass is 79.9. The van der Waals surface area contributed by atoms with E-state index in [-0.39, 0.29) is 33.4 Å². The number of anilines is 2. The van der Waals surface area contributed by atoms with Crippen molar-refractivity contribution in [3.8, 4) is 10.6 Å². The summed E-state index contributed by atoms with van der Waals surface area (Å²) in [6.07, 6.45) is 0. The fourth-order valence-corrected chi connectivity index (χ4v) is 4.95. The Bertz CT molecular complexity index is 1340. The van der Waals surface area contributed by atoms with E-state index in [1.807, 2.05) is 0 Å². The number of nitrogens with zero attached hydrogens (tertiary/aromatic N) is 5. The largest absolute Gasteiger partial charge is 0.444 e. The van der Waals surface area contributed by atoms with E-state index in [1.54, 1.807) is 18.2 Å². The molecule has 3 heterocycles. The molecule has 0 aliphatic heterocycles. The van der Waals surface area contributed by atoms with Gasteiger partial charge in [-0.3, -0.25) is 30.3 Å². The maximum atomic E-state index is 12.2. The minimum Gasteiger partial charge on any atom is -0.444 e. The lowest BCUT2D eigenvalue weighted by Gasteiger charge is -1.98. The van der Waals surface area contributed by atoms with E-state index in [4.69, 9.17) is 4.42 Å². The maximum Gasteiger partial charge on any atom is 0.293 e. The number of benzene rings is 1. The van der Waals surface area contributed by atoms with Crippen molar-refractivity contribution in [1.82, 2.24) is 20.4 Å². The Labute approximate surface area is 205 Å². The van der Waals surface area contributed by atoms with E-state index in [0.29, 0.717) is 19.6 Å². The molecule has 1 aromatic carbocycles. The quantitative estimate of drug-likeness (QED) is 0.135. The molecule has 33 heavy (non-hydrogen) atoms. The smallest absolute Gasteiger partial charge is 0.293 e. The van der Waals surface area contributed by atoms with Gasteiger partial charge in [-0.25, -0.2) is 0 Å². The molecule has 2 amide bonds. The van der Waals surface area contributed by atoms with Crippen LogP contribution in [-0.2, 0) is 4.79 Å². The van der Waals surface area contributed by atoms with Gasteiger partial charge in [-0.2, -0.15) is 0 Å². The van der Waals surface area contributed by atoms with Crippen LogP contribution in [0.3, 0.4) is 0 Å². The molecule has 0 unspecified atom stereocenters. The van der Waals surface area contributed by atoms with Crippen molar-refractivity contribution in [3.05, 3.63) is 56.9 Å². The molecule has 0 saturated carbocycles. The zero-order valence-corrected chi connectivity index (χ0v) is 20.1. The number of thioether (sulfide) groups is 1. The number of nitrogens with one attached hydrogen (secondary N) is 2. The molecule has 4 rings (SSSR count). The summed E-state index contributed by atoms with van der Waals surface area (Å²) in [4.78, 5) is 34.7. The number of aromatic nitrogens is 4. The number of carbonyl (C=O) groups is 2. The summed E-state index contributed by atoms with van der Waals surface area (Å²) in [5.74, 6) is -0.670. The number of halogens is 1. The molecule has 0 spiro atoms. The molecule has 4 aromatic rings. The Hall–Kier alpha value is -3.21. The van der Waals surface area contributed by atoms with Gasteiger partial charge >= 0.3 is 0 Å². The standard InChI is InChI=1S/C17H10BrN7O5S3/c18-11-5-4-10(30-11)13(27)20-16-23-24-17(33-16)31-7-12(26)19-15-22-21-14(32-15)8-2-1-3-9(6-8)25(28)29/h1-6H,7H2,(H,19,22,26)(H,20,23,27). The summed E-state index contributed by atoms with van der Waals surface area (Å²) < 4.78 is 6.08. The summed E-state index contributed by atoms with van der Waals surface area (Å²) in [6.45, 7) is 0. The molecule has 12 nitrogen and oxygen atoms in total. The van der Waals surface area contributed by atoms with Crippen molar-refractivity contribution < 1.29 is 18.9 Å². The molecule has 2 N–H and O–H groups in total. The second kappa shape index (κ2) is 10.2. The van der Waals surface area contributed by atoms with Crippen molar-refractivity contribution in [2.45, 2.75) is 4.34 Å². The van der Waals surface area contributed by atoms with Crippen molar-refractivity contribution in [2.24, 2.45) is 0 Å². The summed E-state index contributed by atoms with van der Waals surface area (Å²) in [6, 6.07) is 9.10. The van der Waals surface area contributed by atoms with Gasteiger partial charge in [0.05, 0.1) is 10.7 Å². The number of hydrogen-bond acceptors (Lipinski definition) is 12. The van der Waals surface area contributed by atoms with Crippen molar-refractivity contribution in [1.29, 1.82) is 0 Å². The fraction of sp³-hybridized carbons (Fsp3) is 0.0588. The number of furan rings is 1. The third-order valence-electron chi connectivity index (χ3n) is 3.73. The first kappa shape index (κ1) is 23.0. The Morgan fingerprint density at radius 1 is 1.09 bits per heavy atom. The van der Waals surface area contributed by atoms with Crippen LogP contribution in [0.5, 0.6) is 0 Å². The van der Waals surface area contributed by atoms with E-state index in [2.05, 4.69) is 47.0 Å². The first-order valence-corrected chi connectivity index (χ1v) is 12.2. The molecule has 0 atom stereocenters. The predicted octanol–water partition coefficient (Wildman–Crippen LogP) is 4.30. The van der Waals surface area contributed by atoms with E-state index < -0.39 is 10.8 Å². The number of amides is 2. The average molecular weight is 568 g/mol. The molecule has 0 aliphatic rings. The van der Waals surface area contributed by atoms with Gasteiger partial charge in [0.25, 0.3) is 11.6 Å². The lowest BCUT2D eigenvalue weighted by molar-refractivity contribution is -0.384. The molecule has 0 aliphatic carbocycles. The second-order valence-electron chi connectivity index (χ2n) is 5.99. The van der Waals surface area contributed by atoms with E-state index >= 15 is 0 Å². The third kappa shape index (κ3) is 5.98. The van der Waals surface area contributed by atoms with Gasteiger partial charge in [-0.1, -0.05) is 46.6 Å². The average Bonchev–Trinajstić information content (AvgIpc) is 3.54. The van der Waals surface area contributed by atoms with Crippen LogP contribution < -0.4 is 10.6 Å². The van der Waals surface area contributed by atoms with Crippen LogP contribution in [0.2, 0.25) is 0 Å². The molecule has 0 saturated heterocycles. The number of nitro groups is 1. The minimum absolute atomic E-state index is 0.0272. The zero-order chi connectivity index (χ0) is 23.4. The van der Waals surface area contributed by atoms with Gasteiger partial charge in [0.15, 0.2) is 14.8 Å². The number of carbonyl (C=O) groups excluding carboxylic acids is 2. The van der Waals surface area contributed by atoms with Gasteiger partial charge in [0.1, 0.15) is 5.01 Å². The number of non-ortho nitro benzene ring substituents is 1. The van der Waals surface area contributed by atoms with Gasteiger partial charge in [0.2, 0.25) is 16.2 Å². The Balaban J connectivity index is 1.29. The Kier molecular flexibility index (Phi) is 7.07. The lowest BCUT2D eigenvalue weighted by atomic mass is 10.2. The Morgan fingerprint density at radius 3 is 2.64 bits per heavy atom. The molecule has 0 radical (unpaired) electrons. The Morgan fingerprint density at radius 2 is 1.88 bits per heavy atom. The summed E-state index contributed by atoms with van der Waals surface area (Å²) in [5, 5.41) is 32.7. The summed E-state index contributed by atoms with van der Waals surface area (Å²) in [5.41, 5.74) is 0.469. The van der Waals surface area contributed by atoms with Crippen molar-refractivity contribution in [2.75, 3.05) is 16.4 Å². The first-order valence-electron chi connectivity index (χ1n) is 8.78. The normalized spacial score (nSPS) is 10.7. The van der Waals surface area contributed by atoms with Gasteiger partial charge < -0.3 is 4.42 Å². The SMILES string of the molecule is O=C(CSc1nnc(NC(=O)c2ccc(Br)o2)s1)Nc1nnc(-c2cccc([N+](=O)[O-])c2)s1. The van der Waals surface area contributed by atoms with Crippen LogP contribution in [0, 0.1) is 10.1 Å². The first-order chi connectivity index (χ1) is 15.9. The maximum absolute atomic E-state index is 12.2. The monoisotopic (exact) mass is 567 g/mol. The highest BCUT2D eigenvalue weighted by molar-refractivity contribution is 9.10.